The summed E-state index contributed by atoms with van der Waals surface area (Å²) in [6.45, 7) is 2.18. The molecule has 0 bridgehead atoms. The van der Waals surface area contributed by atoms with Gasteiger partial charge >= 0.3 is 0 Å². The number of fused-ring (bicyclic) bond motifs is 2. The number of ether oxygens (including phenoxy) is 2. The van der Waals surface area contributed by atoms with Crippen LogP contribution in [-0.4, -0.2) is 54.8 Å². The minimum atomic E-state index is -1.40. The lowest BCUT2D eigenvalue weighted by atomic mass is 9.83. The number of hydrogen-bond donors (Lipinski definition) is 2. The molecule has 220 valence electrons. The van der Waals surface area contributed by atoms with Crippen molar-refractivity contribution in [3.8, 4) is 22.8 Å². The molecule has 7 rings (SSSR count). The molecule has 0 radical (unpaired) electrons. The number of aromatic nitrogens is 6. The number of thiazole rings is 1. The van der Waals surface area contributed by atoms with Crippen molar-refractivity contribution in [2.45, 2.75) is 43.7 Å². The van der Waals surface area contributed by atoms with E-state index in [2.05, 4.69) is 20.5 Å². The van der Waals surface area contributed by atoms with E-state index < -0.39 is 11.1 Å². The Morgan fingerprint density at radius 2 is 2.05 bits per heavy atom. The maximum atomic E-state index is 13.9. The number of nitrogens with two attached hydrogens (primary N) is 1. The van der Waals surface area contributed by atoms with Gasteiger partial charge in [-0.05, 0) is 85.0 Å². The number of anilines is 1. The number of ketones is 1. The third kappa shape index (κ3) is 4.59. The van der Waals surface area contributed by atoms with E-state index in [0.29, 0.717) is 44.7 Å². The van der Waals surface area contributed by atoms with E-state index in [-0.39, 0.29) is 37.0 Å². The number of hydrogen-bond acceptors (Lipinski definition) is 11. The van der Waals surface area contributed by atoms with Crippen molar-refractivity contribution in [1.29, 1.82) is 0 Å². The molecule has 3 N–H and O–H groups in total. The molecule has 1 fully saturated rings. The first-order valence-corrected chi connectivity index (χ1v) is 14.7. The highest BCUT2D eigenvalue weighted by Crippen LogP contribution is 2.52. The van der Waals surface area contributed by atoms with E-state index in [1.54, 1.807) is 28.9 Å². The number of nitrogen functional groups attached to an aromatic ring is 1. The van der Waals surface area contributed by atoms with E-state index in [9.17, 15) is 14.3 Å². The Hall–Kier alpha value is -4.49. The van der Waals surface area contributed by atoms with Crippen LogP contribution in [0.15, 0.2) is 48.8 Å². The number of carbonyl (C=O) groups is 1. The van der Waals surface area contributed by atoms with Gasteiger partial charge in [0.25, 0.3) is 0 Å². The molecule has 4 heterocycles. The van der Waals surface area contributed by atoms with Crippen LogP contribution < -0.4 is 15.2 Å². The van der Waals surface area contributed by atoms with Crippen molar-refractivity contribution >= 4 is 32.5 Å². The first-order chi connectivity index (χ1) is 20.7. The number of pyridine rings is 1. The second-order valence-corrected chi connectivity index (χ2v) is 12.3. The number of nitrogens with zero attached hydrogens (tertiary/aromatic N) is 6. The zero-order valence-electron chi connectivity index (χ0n) is 23.5. The predicted molar refractivity (Wildman–Crippen MR) is 156 cm³/mol. The van der Waals surface area contributed by atoms with Crippen LogP contribution in [0.2, 0.25) is 0 Å². The molecule has 1 saturated carbocycles. The number of carbonyl (C=O) groups excluding carboxylic acids is 1. The highest BCUT2D eigenvalue weighted by atomic mass is 32.1. The zero-order chi connectivity index (χ0) is 29.9. The van der Waals surface area contributed by atoms with Crippen LogP contribution in [0, 0.1) is 11.7 Å². The molecule has 2 aliphatic rings. The summed E-state index contributed by atoms with van der Waals surface area (Å²) in [4.78, 5) is 22.8. The maximum Gasteiger partial charge on any atom is 0.181 e. The number of aliphatic hydroxyl groups is 1. The summed E-state index contributed by atoms with van der Waals surface area (Å²) in [5.41, 5.74) is 7.07. The first kappa shape index (κ1) is 27.3. The van der Waals surface area contributed by atoms with Crippen LogP contribution in [0.3, 0.4) is 0 Å². The van der Waals surface area contributed by atoms with E-state index in [1.807, 2.05) is 13.0 Å². The summed E-state index contributed by atoms with van der Waals surface area (Å²) in [7, 11) is 1.52. The standard InChI is InChI=1S/C30H28FN7O4S/c1-29(38-15-33-36-37-38)14-42-27-20(29)13-24(34-25(27)16-3-7-19(31)8-4-16)30(40,18-5-6-18)10-9-21(39)17-11-22(41-2)26-23(12-17)43-28(32)35-26/h3-4,7-8,11-13,15,18,40H,5-6,9-10,14H2,1-2H3,(H2,32,35)/t29-,30+/m0/s1. The lowest BCUT2D eigenvalue weighted by Crippen LogP contribution is -2.35. The number of rotatable bonds is 9. The molecule has 13 heteroatoms. The van der Waals surface area contributed by atoms with Crippen molar-refractivity contribution in [3.05, 3.63) is 71.4 Å². The van der Waals surface area contributed by atoms with Gasteiger partial charge in [0.05, 0.1) is 17.5 Å². The van der Waals surface area contributed by atoms with E-state index >= 15 is 0 Å². The Kier molecular flexibility index (Phi) is 6.40. The summed E-state index contributed by atoms with van der Waals surface area (Å²) >= 11 is 1.28. The van der Waals surface area contributed by atoms with Gasteiger partial charge < -0.3 is 20.3 Å². The molecular formula is C30H28FN7O4S. The molecule has 0 amide bonds. The molecule has 5 aromatic rings. The Bertz CT molecular complexity index is 1860. The lowest BCUT2D eigenvalue weighted by Gasteiger charge is -2.30. The average Bonchev–Trinajstić information content (AvgIpc) is 3.41. The molecule has 1 aliphatic heterocycles. The molecule has 11 nitrogen and oxygen atoms in total. The van der Waals surface area contributed by atoms with E-state index in [0.717, 1.165) is 23.1 Å². The van der Waals surface area contributed by atoms with E-state index in [1.165, 1.54) is 36.9 Å². The third-order valence-electron chi connectivity index (χ3n) is 8.47. The SMILES string of the molecule is COc1cc(C(=O)CC[C@](O)(c2cc3c(c(-c4ccc(F)cc4)n2)OC[C@]3(C)n2cnnn2)C2CC2)cc2sc(N)nc12. The minimum absolute atomic E-state index is 0.0708. The number of Topliss-reactive ketones (excluding diaryl/α,β-unsaturated/α-hetero) is 1. The van der Waals surface area contributed by atoms with Gasteiger partial charge in [-0.15, -0.1) is 5.10 Å². The van der Waals surface area contributed by atoms with Gasteiger partial charge in [0.1, 0.15) is 46.9 Å². The summed E-state index contributed by atoms with van der Waals surface area (Å²) in [6, 6.07) is 11.3. The topological polar surface area (TPSA) is 151 Å². The van der Waals surface area contributed by atoms with Gasteiger partial charge in [0, 0.05) is 23.1 Å². The Morgan fingerprint density at radius 1 is 1.26 bits per heavy atom. The fraction of sp³-hybridized carbons (Fsp3) is 0.333. The van der Waals surface area contributed by atoms with Crippen molar-refractivity contribution in [1.82, 2.24) is 30.2 Å². The summed E-state index contributed by atoms with van der Waals surface area (Å²) < 4.78 is 27.9. The largest absolute Gasteiger partial charge is 0.494 e. The summed E-state index contributed by atoms with van der Waals surface area (Å²) in [5, 5.41) is 24.5. The maximum absolute atomic E-state index is 13.9. The summed E-state index contributed by atoms with van der Waals surface area (Å²) in [6.07, 6.45) is 3.34. The van der Waals surface area contributed by atoms with Gasteiger partial charge in [0.15, 0.2) is 16.7 Å². The van der Waals surface area contributed by atoms with Gasteiger partial charge in [-0.2, -0.15) is 0 Å². The van der Waals surface area contributed by atoms with Crippen LogP contribution in [0.25, 0.3) is 21.5 Å². The second-order valence-electron chi connectivity index (χ2n) is 11.3. The van der Waals surface area contributed by atoms with Gasteiger partial charge in [-0.1, -0.05) is 11.3 Å². The van der Waals surface area contributed by atoms with Crippen LogP contribution in [0.4, 0.5) is 9.52 Å². The fourth-order valence-corrected chi connectivity index (χ4v) is 6.65. The molecule has 2 atom stereocenters. The molecule has 3 aromatic heterocycles. The van der Waals surface area contributed by atoms with Crippen LogP contribution in [0.5, 0.6) is 11.5 Å². The normalized spacial score (nSPS) is 19.2. The molecule has 0 unspecified atom stereocenters. The fourth-order valence-electron chi connectivity index (χ4n) is 5.86. The number of benzene rings is 2. The third-order valence-corrected chi connectivity index (χ3v) is 9.30. The quantitative estimate of drug-likeness (QED) is 0.231. The molecule has 0 saturated heterocycles. The van der Waals surface area contributed by atoms with Crippen molar-refractivity contribution < 1.29 is 23.8 Å². The Morgan fingerprint density at radius 3 is 2.74 bits per heavy atom. The highest BCUT2D eigenvalue weighted by Gasteiger charge is 2.49. The molecule has 0 spiro atoms. The lowest BCUT2D eigenvalue weighted by molar-refractivity contribution is -0.00118. The van der Waals surface area contributed by atoms with Crippen LogP contribution >= 0.6 is 11.3 Å². The predicted octanol–water partition coefficient (Wildman–Crippen LogP) is 4.49. The number of halogens is 1. The van der Waals surface area contributed by atoms with Crippen LogP contribution in [-0.2, 0) is 11.1 Å². The van der Waals surface area contributed by atoms with Gasteiger partial charge in [-0.3, -0.25) is 4.79 Å². The number of methoxy groups -OCH3 is 1. The smallest absolute Gasteiger partial charge is 0.181 e. The van der Waals surface area contributed by atoms with Crippen molar-refractivity contribution in [2.24, 2.45) is 5.92 Å². The monoisotopic (exact) mass is 601 g/mol. The molecule has 43 heavy (non-hydrogen) atoms. The van der Waals surface area contributed by atoms with Crippen molar-refractivity contribution in [3.63, 3.8) is 0 Å². The second kappa shape index (κ2) is 10.1. The number of tetrazole rings is 1. The van der Waals surface area contributed by atoms with Crippen molar-refractivity contribution in [2.75, 3.05) is 19.5 Å². The molecule has 2 aromatic carbocycles. The Balaban J connectivity index is 1.29. The van der Waals surface area contributed by atoms with E-state index in [4.69, 9.17) is 20.2 Å². The average molecular weight is 602 g/mol. The first-order valence-electron chi connectivity index (χ1n) is 13.9. The highest BCUT2D eigenvalue weighted by molar-refractivity contribution is 7.22. The minimum Gasteiger partial charge on any atom is -0.494 e. The van der Waals surface area contributed by atoms with Gasteiger partial charge in [0.2, 0.25) is 0 Å². The van der Waals surface area contributed by atoms with Gasteiger partial charge in [-0.25, -0.2) is 19.0 Å². The zero-order valence-corrected chi connectivity index (χ0v) is 24.3. The molecular weight excluding hydrogens is 573 g/mol. The Labute approximate surface area is 249 Å². The molecule has 1 aliphatic carbocycles. The van der Waals surface area contributed by atoms with Crippen LogP contribution in [0.1, 0.15) is 54.2 Å². The summed E-state index contributed by atoms with van der Waals surface area (Å²) in [5.74, 6) is 0.392.